The molecule has 0 unspecified atom stereocenters. The van der Waals surface area contributed by atoms with E-state index in [1.165, 1.54) is 0 Å². The van der Waals surface area contributed by atoms with Crippen LogP contribution in [0.1, 0.15) is 38.2 Å². The van der Waals surface area contributed by atoms with Crippen LogP contribution in [0, 0.1) is 34.6 Å². The summed E-state index contributed by atoms with van der Waals surface area (Å²) in [7, 11) is 0. The number of nitrogens with one attached hydrogen (secondary N) is 1. The van der Waals surface area contributed by atoms with Crippen LogP contribution in [0.4, 0.5) is 5.69 Å². The van der Waals surface area contributed by atoms with Gasteiger partial charge in [0.2, 0.25) is 0 Å². The predicted molar refractivity (Wildman–Crippen MR) is 130 cm³/mol. The van der Waals surface area contributed by atoms with E-state index in [0.717, 1.165) is 55.7 Å². The van der Waals surface area contributed by atoms with Crippen LogP contribution in [0.2, 0.25) is 5.02 Å². The number of carbonyl (C=O) groups excluding carboxylic acids is 1. The molecule has 4 aromatic rings. The van der Waals surface area contributed by atoms with Gasteiger partial charge in [0.05, 0.1) is 16.8 Å². The summed E-state index contributed by atoms with van der Waals surface area (Å²) in [6, 6.07) is 17.8. The Labute approximate surface area is 188 Å². The molecule has 4 heteroatoms. The van der Waals surface area contributed by atoms with E-state index in [4.69, 9.17) is 16.6 Å². The van der Waals surface area contributed by atoms with Gasteiger partial charge in [-0.05, 0) is 75.1 Å². The molecule has 0 fully saturated rings. The number of carbonyl (C=O) groups is 1. The molecule has 3 nitrogen and oxygen atoms in total. The molecule has 0 saturated carbocycles. The maximum Gasteiger partial charge on any atom is 0.256 e. The third-order valence-corrected chi connectivity index (χ3v) is 5.95. The summed E-state index contributed by atoms with van der Waals surface area (Å²) in [6.45, 7) is 10.0. The van der Waals surface area contributed by atoms with Crippen molar-refractivity contribution in [3.63, 3.8) is 0 Å². The Morgan fingerprint density at radius 1 is 0.871 bits per heavy atom. The molecule has 0 spiro atoms. The van der Waals surface area contributed by atoms with Crippen LogP contribution in [0.5, 0.6) is 0 Å². The van der Waals surface area contributed by atoms with Crippen LogP contribution in [0.3, 0.4) is 0 Å². The highest BCUT2D eigenvalue weighted by Gasteiger charge is 2.21. The van der Waals surface area contributed by atoms with Gasteiger partial charge in [-0.15, -0.1) is 0 Å². The van der Waals surface area contributed by atoms with E-state index in [-0.39, 0.29) is 5.91 Å². The molecule has 0 bridgehead atoms. The highest BCUT2D eigenvalue weighted by atomic mass is 35.5. The average Bonchev–Trinajstić information content (AvgIpc) is 2.70. The van der Waals surface area contributed by atoms with Crippen LogP contribution in [0.25, 0.3) is 22.2 Å². The Kier molecular flexibility index (Phi) is 5.55. The highest BCUT2D eigenvalue weighted by molar-refractivity contribution is 6.30. The van der Waals surface area contributed by atoms with Gasteiger partial charge in [-0.2, -0.15) is 0 Å². The number of para-hydroxylation sites is 1. The van der Waals surface area contributed by atoms with Gasteiger partial charge in [-0.25, -0.2) is 4.98 Å². The van der Waals surface area contributed by atoms with Crippen molar-refractivity contribution in [3.8, 4) is 11.3 Å². The molecule has 0 aliphatic heterocycles. The molecule has 0 radical (unpaired) electrons. The van der Waals surface area contributed by atoms with Crippen molar-refractivity contribution in [2.75, 3.05) is 5.32 Å². The van der Waals surface area contributed by atoms with E-state index in [2.05, 4.69) is 11.4 Å². The van der Waals surface area contributed by atoms with E-state index < -0.39 is 0 Å². The molecular formula is C27H25ClN2O. The van der Waals surface area contributed by atoms with Crippen LogP contribution in [0.15, 0.2) is 54.6 Å². The number of amides is 1. The SMILES string of the molecule is Cc1cc(C)c2nc(-c3cccc(Cl)c3)c(C)c(C(=O)Nc3c(C)cccc3C)c2c1. The maximum absolute atomic E-state index is 13.7. The molecule has 3 aromatic carbocycles. The van der Waals surface area contributed by atoms with E-state index >= 15 is 0 Å². The smallest absolute Gasteiger partial charge is 0.256 e. The number of anilines is 1. The van der Waals surface area contributed by atoms with Crippen LogP contribution < -0.4 is 5.32 Å². The number of rotatable bonds is 3. The summed E-state index contributed by atoms with van der Waals surface area (Å²) in [5.74, 6) is -0.129. The maximum atomic E-state index is 13.7. The summed E-state index contributed by atoms with van der Waals surface area (Å²) in [6.07, 6.45) is 0. The van der Waals surface area contributed by atoms with E-state index in [0.29, 0.717) is 10.6 Å². The average molecular weight is 429 g/mol. The molecule has 156 valence electrons. The van der Waals surface area contributed by atoms with Crippen molar-refractivity contribution < 1.29 is 4.79 Å². The molecule has 0 aliphatic carbocycles. The molecule has 1 aromatic heterocycles. The van der Waals surface area contributed by atoms with E-state index in [1.807, 2.05) is 83.1 Å². The van der Waals surface area contributed by atoms with Gasteiger partial charge in [0.15, 0.2) is 0 Å². The Balaban J connectivity index is 1.98. The van der Waals surface area contributed by atoms with E-state index in [9.17, 15) is 4.79 Å². The van der Waals surface area contributed by atoms with Gasteiger partial charge in [-0.3, -0.25) is 4.79 Å². The Bertz CT molecular complexity index is 1320. The zero-order valence-electron chi connectivity index (χ0n) is 18.4. The summed E-state index contributed by atoms with van der Waals surface area (Å²) in [4.78, 5) is 18.6. The molecule has 1 amide bonds. The van der Waals surface area contributed by atoms with E-state index in [1.54, 1.807) is 0 Å². The first-order chi connectivity index (χ1) is 14.8. The predicted octanol–water partition coefficient (Wildman–Crippen LogP) is 7.35. The topological polar surface area (TPSA) is 42.0 Å². The molecular weight excluding hydrogens is 404 g/mol. The lowest BCUT2D eigenvalue weighted by atomic mass is 9.94. The molecule has 0 aliphatic rings. The third kappa shape index (κ3) is 3.94. The first-order valence-electron chi connectivity index (χ1n) is 10.3. The minimum atomic E-state index is -0.129. The van der Waals surface area contributed by atoms with Crippen molar-refractivity contribution in [2.45, 2.75) is 34.6 Å². The number of hydrogen-bond acceptors (Lipinski definition) is 2. The molecule has 1 heterocycles. The minimum Gasteiger partial charge on any atom is -0.321 e. The number of pyridine rings is 1. The van der Waals surface area contributed by atoms with Crippen molar-refractivity contribution in [3.05, 3.63) is 93.0 Å². The Hall–Kier alpha value is -3.17. The van der Waals surface area contributed by atoms with Crippen LogP contribution in [-0.2, 0) is 0 Å². The number of fused-ring (bicyclic) bond motifs is 1. The minimum absolute atomic E-state index is 0.129. The number of halogens is 1. The second-order valence-electron chi connectivity index (χ2n) is 8.17. The normalized spacial score (nSPS) is 11.0. The summed E-state index contributed by atoms with van der Waals surface area (Å²) in [5, 5.41) is 4.67. The van der Waals surface area contributed by atoms with Gasteiger partial charge in [0.1, 0.15) is 0 Å². The largest absolute Gasteiger partial charge is 0.321 e. The number of benzene rings is 3. The summed E-state index contributed by atoms with van der Waals surface area (Å²) in [5.41, 5.74) is 9.05. The molecule has 0 atom stereocenters. The van der Waals surface area contributed by atoms with Gasteiger partial charge in [0, 0.05) is 21.7 Å². The molecule has 31 heavy (non-hydrogen) atoms. The molecule has 1 N–H and O–H groups in total. The fourth-order valence-corrected chi connectivity index (χ4v) is 4.40. The number of aromatic nitrogens is 1. The number of aryl methyl sites for hydroxylation is 4. The Morgan fingerprint density at radius 2 is 1.55 bits per heavy atom. The van der Waals surface area contributed by atoms with Gasteiger partial charge in [0.25, 0.3) is 5.91 Å². The third-order valence-electron chi connectivity index (χ3n) is 5.71. The van der Waals surface area contributed by atoms with Crippen molar-refractivity contribution in [1.29, 1.82) is 0 Å². The lowest BCUT2D eigenvalue weighted by Crippen LogP contribution is -2.17. The fourth-order valence-electron chi connectivity index (χ4n) is 4.21. The zero-order chi connectivity index (χ0) is 22.3. The number of hydrogen-bond donors (Lipinski definition) is 1. The van der Waals surface area contributed by atoms with Gasteiger partial charge >= 0.3 is 0 Å². The summed E-state index contributed by atoms with van der Waals surface area (Å²) >= 11 is 6.25. The number of nitrogens with zero attached hydrogens (tertiary/aromatic N) is 1. The van der Waals surface area contributed by atoms with Crippen molar-refractivity contribution in [1.82, 2.24) is 4.98 Å². The monoisotopic (exact) mass is 428 g/mol. The van der Waals surface area contributed by atoms with Crippen molar-refractivity contribution >= 4 is 34.1 Å². The molecule has 0 saturated heterocycles. The first kappa shape index (κ1) is 21.1. The quantitative estimate of drug-likeness (QED) is 0.370. The first-order valence-corrected chi connectivity index (χ1v) is 10.7. The standard InChI is InChI=1S/C27H25ClN2O/c1-15-12-18(4)25-22(13-15)23(27(31)30-24-16(2)8-6-9-17(24)3)19(5)26(29-25)20-10-7-11-21(28)14-20/h6-14H,1-5H3,(H,30,31). The van der Waals surface area contributed by atoms with Crippen molar-refractivity contribution in [2.24, 2.45) is 0 Å². The van der Waals surface area contributed by atoms with Crippen LogP contribution >= 0.6 is 11.6 Å². The lowest BCUT2D eigenvalue weighted by molar-refractivity contribution is 0.102. The molecule has 4 rings (SSSR count). The Morgan fingerprint density at radius 3 is 2.23 bits per heavy atom. The van der Waals surface area contributed by atoms with Gasteiger partial charge in [-0.1, -0.05) is 53.6 Å². The lowest BCUT2D eigenvalue weighted by Gasteiger charge is -2.18. The fraction of sp³-hybridized carbons (Fsp3) is 0.185. The second kappa shape index (κ2) is 8.16. The zero-order valence-corrected chi connectivity index (χ0v) is 19.2. The van der Waals surface area contributed by atoms with Crippen LogP contribution in [-0.4, -0.2) is 10.9 Å². The summed E-state index contributed by atoms with van der Waals surface area (Å²) < 4.78 is 0. The highest BCUT2D eigenvalue weighted by Crippen LogP contribution is 2.33. The van der Waals surface area contributed by atoms with Gasteiger partial charge < -0.3 is 5.32 Å². The second-order valence-corrected chi connectivity index (χ2v) is 8.61.